The molecule has 0 saturated heterocycles. The van der Waals surface area contributed by atoms with Crippen LogP contribution < -0.4 is 5.43 Å². The van der Waals surface area contributed by atoms with Crippen molar-refractivity contribution in [3.63, 3.8) is 0 Å². The fraction of sp³-hybridized carbons (Fsp3) is 0.167. The van der Waals surface area contributed by atoms with Crippen LogP contribution in [0, 0.1) is 0 Å². The molecule has 2 heterocycles. The number of hydrogen-bond acceptors (Lipinski definition) is 5. The van der Waals surface area contributed by atoms with Gasteiger partial charge in [-0.05, 0) is 42.8 Å². The summed E-state index contributed by atoms with van der Waals surface area (Å²) in [5.41, 5.74) is 5.36. The number of benzene rings is 1. The van der Waals surface area contributed by atoms with Gasteiger partial charge in [-0.3, -0.25) is 4.79 Å². The highest BCUT2D eigenvalue weighted by molar-refractivity contribution is 7.99. The summed E-state index contributed by atoms with van der Waals surface area (Å²) in [4.78, 5) is 16.4. The molecule has 0 saturated carbocycles. The van der Waals surface area contributed by atoms with Crippen molar-refractivity contribution in [2.45, 2.75) is 12.1 Å². The molecule has 1 N–H and O–H groups in total. The Morgan fingerprint density at radius 1 is 1.36 bits per heavy atom. The first-order valence-electron chi connectivity index (χ1n) is 7.71. The normalized spacial score (nSPS) is 12.2. The Morgan fingerprint density at radius 2 is 2.20 bits per heavy atom. The molecule has 25 heavy (non-hydrogen) atoms. The van der Waals surface area contributed by atoms with Crippen LogP contribution in [0.5, 0.6) is 0 Å². The second-order valence-electron chi connectivity index (χ2n) is 5.43. The summed E-state index contributed by atoms with van der Waals surface area (Å²) in [6, 6.07) is 11.5. The van der Waals surface area contributed by atoms with Crippen molar-refractivity contribution in [1.29, 1.82) is 0 Å². The minimum absolute atomic E-state index is 0.181. The lowest BCUT2D eigenvalue weighted by Gasteiger charge is -2.01. The highest BCUT2D eigenvalue weighted by Gasteiger charge is 2.09. The van der Waals surface area contributed by atoms with Crippen molar-refractivity contribution in [2.75, 3.05) is 5.75 Å². The van der Waals surface area contributed by atoms with Gasteiger partial charge in [0.1, 0.15) is 5.76 Å². The van der Waals surface area contributed by atoms with E-state index in [-0.39, 0.29) is 11.7 Å². The number of para-hydroxylation sites is 2. The molecule has 0 fully saturated rings. The van der Waals surface area contributed by atoms with Crippen molar-refractivity contribution >= 4 is 41.0 Å². The molecular weight excluding hydrogens is 336 g/mol. The first-order chi connectivity index (χ1) is 12.1. The quantitative estimate of drug-likeness (QED) is 0.418. The van der Waals surface area contributed by atoms with Gasteiger partial charge in [0.15, 0.2) is 5.16 Å². The van der Waals surface area contributed by atoms with E-state index < -0.39 is 0 Å². The maximum absolute atomic E-state index is 11.9. The number of fused-ring (bicyclic) bond motifs is 1. The zero-order chi connectivity index (χ0) is 17.6. The number of nitrogens with zero attached hydrogens (tertiary/aromatic N) is 3. The number of amides is 1. The summed E-state index contributed by atoms with van der Waals surface area (Å²) < 4.78 is 7.20. The van der Waals surface area contributed by atoms with E-state index >= 15 is 0 Å². The average Bonchev–Trinajstić information content (AvgIpc) is 3.21. The van der Waals surface area contributed by atoms with Crippen LogP contribution in [0.1, 0.15) is 12.7 Å². The molecule has 3 rings (SSSR count). The van der Waals surface area contributed by atoms with E-state index in [0.717, 1.165) is 27.5 Å². The Morgan fingerprint density at radius 3 is 2.96 bits per heavy atom. The molecule has 0 spiro atoms. The fourth-order valence-corrected chi connectivity index (χ4v) is 3.04. The molecule has 0 aliphatic rings. The third kappa shape index (κ3) is 4.39. The van der Waals surface area contributed by atoms with Crippen LogP contribution >= 0.6 is 11.8 Å². The lowest BCUT2D eigenvalue weighted by Crippen LogP contribution is -2.19. The highest BCUT2D eigenvalue weighted by Crippen LogP contribution is 2.22. The van der Waals surface area contributed by atoms with E-state index in [2.05, 4.69) is 15.5 Å². The van der Waals surface area contributed by atoms with E-state index in [4.69, 9.17) is 4.42 Å². The number of thioether (sulfide) groups is 1. The number of carbonyl (C=O) groups is 1. The molecule has 0 atom stereocenters. The number of aromatic nitrogens is 2. The van der Waals surface area contributed by atoms with Crippen LogP contribution in [-0.4, -0.2) is 27.4 Å². The third-order valence-corrected chi connectivity index (χ3v) is 4.48. The number of furan rings is 1. The van der Waals surface area contributed by atoms with E-state index in [0.29, 0.717) is 0 Å². The summed E-state index contributed by atoms with van der Waals surface area (Å²) in [6.45, 7) is 1.88. The van der Waals surface area contributed by atoms with Gasteiger partial charge in [-0.1, -0.05) is 23.9 Å². The van der Waals surface area contributed by atoms with Crippen molar-refractivity contribution in [3.8, 4) is 0 Å². The average molecular weight is 354 g/mol. The topological polar surface area (TPSA) is 72.4 Å². The summed E-state index contributed by atoms with van der Waals surface area (Å²) in [7, 11) is 1.94. The smallest absolute Gasteiger partial charge is 0.250 e. The van der Waals surface area contributed by atoms with Crippen molar-refractivity contribution in [1.82, 2.24) is 15.0 Å². The van der Waals surface area contributed by atoms with E-state index in [1.54, 1.807) is 12.5 Å². The second kappa shape index (κ2) is 7.85. The monoisotopic (exact) mass is 354 g/mol. The minimum atomic E-state index is -0.181. The standard InChI is InChI=1S/C18H18N4O2S/c1-13(10-14-6-5-9-24-14)11-19-21-17(23)12-25-18-20-15-7-3-4-8-16(15)22(18)2/h3-11H,12H2,1-2H3,(H,21,23). The molecule has 2 aromatic heterocycles. The number of carbonyl (C=O) groups excluding carboxylic acids is 1. The summed E-state index contributed by atoms with van der Waals surface area (Å²) in [5.74, 6) is 0.807. The molecule has 0 radical (unpaired) electrons. The molecule has 0 aliphatic heterocycles. The summed E-state index contributed by atoms with van der Waals surface area (Å²) in [5, 5.41) is 4.75. The van der Waals surface area contributed by atoms with E-state index in [1.165, 1.54) is 11.8 Å². The van der Waals surface area contributed by atoms with Gasteiger partial charge in [0.05, 0.1) is 29.3 Å². The predicted octanol–water partition coefficient (Wildman–Crippen LogP) is 3.46. The lowest BCUT2D eigenvalue weighted by molar-refractivity contribution is -0.118. The Kier molecular flexibility index (Phi) is 5.35. The van der Waals surface area contributed by atoms with Crippen molar-refractivity contribution in [2.24, 2.45) is 12.1 Å². The first-order valence-corrected chi connectivity index (χ1v) is 8.70. The lowest BCUT2D eigenvalue weighted by atomic mass is 10.3. The number of imidazole rings is 1. The maximum Gasteiger partial charge on any atom is 0.250 e. The Labute approximate surface area is 149 Å². The largest absolute Gasteiger partial charge is 0.465 e. The SMILES string of the molecule is CC(C=NNC(=O)CSc1nc2ccccc2n1C)=Cc1ccco1. The predicted molar refractivity (Wildman–Crippen MR) is 100 cm³/mol. The van der Waals surface area contributed by atoms with Gasteiger partial charge in [0.25, 0.3) is 5.91 Å². The number of rotatable bonds is 6. The zero-order valence-corrected chi connectivity index (χ0v) is 14.8. The molecule has 3 aromatic rings. The Balaban J connectivity index is 1.52. The molecule has 1 amide bonds. The van der Waals surface area contributed by atoms with Gasteiger partial charge in [-0.2, -0.15) is 5.10 Å². The molecule has 7 heteroatoms. The van der Waals surface area contributed by atoms with Gasteiger partial charge >= 0.3 is 0 Å². The van der Waals surface area contributed by atoms with E-state index in [9.17, 15) is 4.79 Å². The number of nitrogens with one attached hydrogen (secondary N) is 1. The number of hydrogen-bond donors (Lipinski definition) is 1. The molecule has 0 unspecified atom stereocenters. The molecule has 0 bridgehead atoms. The van der Waals surface area contributed by atoms with Crippen molar-refractivity contribution < 1.29 is 9.21 Å². The van der Waals surface area contributed by atoms with Gasteiger partial charge in [0.2, 0.25) is 0 Å². The molecule has 1 aromatic carbocycles. The number of hydrazone groups is 1. The third-order valence-electron chi connectivity index (χ3n) is 3.45. The Hall–Kier alpha value is -2.80. The molecular formula is C18H18N4O2S. The maximum atomic E-state index is 11.9. The first kappa shape index (κ1) is 17.0. The highest BCUT2D eigenvalue weighted by atomic mass is 32.2. The van der Waals surface area contributed by atoms with Crippen LogP contribution in [0.2, 0.25) is 0 Å². The Bertz CT molecular complexity index is 926. The van der Waals surface area contributed by atoms with Crippen LogP contribution in [0.3, 0.4) is 0 Å². The van der Waals surface area contributed by atoms with Gasteiger partial charge in [-0.15, -0.1) is 0 Å². The van der Waals surface area contributed by atoms with Gasteiger partial charge in [0, 0.05) is 7.05 Å². The number of aryl methyl sites for hydroxylation is 1. The van der Waals surface area contributed by atoms with Crippen molar-refractivity contribution in [3.05, 3.63) is 54.0 Å². The summed E-state index contributed by atoms with van der Waals surface area (Å²) >= 11 is 1.38. The van der Waals surface area contributed by atoms with Crippen LogP contribution in [0.15, 0.2) is 62.9 Å². The van der Waals surface area contributed by atoms with Crippen LogP contribution in [0.25, 0.3) is 17.1 Å². The van der Waals surface area contributed by atoms with E-state index in [1.807, 2.05) is 61.0 Å². The second-order valence-corrected chi connectivity index (χ2v) is 6.37. The molecule has 0 aliphatic carbocycles. The van der Waals surface area contributed by atoms with Crippen LogP contribution in [0.4, 0.5) is 0 Å². The molecule has 6 nitrogen and oxygen atoms in total. The van der Waals surface area contributed by atoms with Gasteiger partial charge < -0.3 is 8.98 Å². The van der Waals surface area contributed by atoms with Gasteiger partial charge in [-0.25, -0.2) is 10.4 Å². The summed E-state index contributed by atoms with van der Waals surface area (Å²) in [6.07, 6.45) is 5.03. The number of allylic oxidation sites excluding steroid dienone is 1. The van der Waals surface area contributed by atoms with Crippen LogP contribution in [-0.2, 0) is 11.8 Å². The zero-order valence-electron chi connectivity index (χ0n) is 14.0. The molecule has 128 valence electrons. The fourth-order valence-electron chi connectivity index (χ4n) is 2.26. The minimum Gasteiger partial charge on any atom is -0.465 e.